The van der Waals surface area contributed by atoms with Crippen molar-refractivity contribution < 1.29 is 13.9 Å². The first kappa shape index (κ1) is 15.2. The van der Waals surface area contributed by atoms with Crippen LogP contribution in [0, 0.1) is 5.82 Å². The first-order valence-corrected chi connectivity index (χ1v) is 7.03. The fourth-order valence-corrected chi connectivity index (χ4v) is 2.15. The summed E-state index contributed by atoms with van der Waals surface area (Å²) in [5.74, 6) is -0.677. The first-order valence-electron chi connectivity index (χ1n) is 6.66. The second-order valence-corrected chi connectivity index (χ2v) is 5.08. The van der Waals surface area contributed by atoms with E-state index in [4.69, 9.17) is 16.3 Å². The van der Waals surface area contributed by atoms with Crippen LogP contribution in [0.15, 0.2) is 48.5 Å². The number of carbonyl (C=O) groups is 1. The van der Waals surface area contributed by atoms with Crippen LogP contribution >= 0.6 is 11.6 Å². The van der Waals surface area contributed by atoms with Gasteiger partial charge in [-0.2, -0.15) is 0 Å². The van der Waals surface area contributed by atoms with Crippen LogP contribution in [0.2, 0.25) is 5.02 Å². The Morgan fingerprint density at radius 1 is 1.13 bits per heavy atom. The van der Waals surface area contributed by atoms with Crippen LogP contribution in [0.3, 0.4) is 0 Å². The number of benzene rings is 2. The number of aromatic nitrogens is 3. The van der Waals surface area contributed by atoms with Crippen molar-refractivity contribution >= 4 is 17.6 Å². The molecule has 116 valence electrons. The third-order valence-electron chi connectivity index (χ3n) is 3.15. The molecule has 0 saturated heterocycles. The van der Waals surface area contributed by atoms with E-state index >= 15 is 0 Å². The van der Waals surface area contributed by atoms with Crippen LogP contribution in [0.1, 0.15) is 10.6 Å². The molecule has 0 saturated carbocycles. The summed E-state index contributed by atoms with van der Waals surface area (Å²) in [4.78, 5) is 16.2. The monoisotopic (exact) mass is 331 g/mol. The predicted molar refractivity (Wildman–Crippen MR) is 83.1 cm³/mol. The fraction of sp³-hybridized carbons (Fsp3) is 0.0625. The molecule has 7 heteroatoms. The van der Waals surface area contributed by atoms with Crippen molar-refractivity contribution in [1.29, 1.82) is 0 Å². The van der Waals surface area contributed by atoms with Gasteiger partial charge in [0.25, 0.3) is 0 Å². The second kappa shape index (κ2) is 6.18. The molecule has 0 fully saturated rings. The summed E-state index contributed by atoms with van der Waals surface area (Å²) >= 11 is 5.86. The van der Waals surface area contributed by atoms with Crippen molar-refractivity contribution in [3.63, 3.8) is 0 Å². The average Bonchev–Trinajstić information content (AvgIpc) is 3.00. The van der Waals surface area contributed by atoms with Gasteiger partial charge >= 0.3 is 5.97 Å². The Hall–Kier alpha value is -2.73. The lowest BCUT2D eigenvalue weighted by Crippen LogP contribution is -2.11. The van der Waals surface area contributed by atoms with E-state index in [0.29, 0.717) is 22.1 Å². The Balaban J connectivity index is 2.12. The summed E-state index contributed by atoms with van der Waals surface area (Å²) in [7, 11) is 1.26. The molecule has 3 rings (SSSR count). The number of rotatable bonds is 3. The molecule has 0 bridgehead atoms. The molecule has 5 nitrogen and oxygen atoms in total. The maximum Gasteiger partial charge on any atom is 0.376 e. The van der Waals surface area contributed by atoms with Gasteiger partial charge in [-0.05, 0) is 48.5 Å². The van der Waals surface area contributed by atoms with E-state index in [2.05, 4.69) is 10.1 Å². The summed E-state index contributed by atoms with van der Waals surface area (Å²) < 4.78 is 19.1. The first-order chi connectivity index (χ1) is 11.1. The molecule has 0 spiro atoms. The molecule has 0 atom stereocenters. The molecule has 1 aromatic heterocycles. The molecule has 23 heavy (non-hydrogen) atoms. The van der Waals surface area contributed by atoms with Crippen molar-refractivity contribution in [2.45, 2.75) is 0 Å². The van der Waals surface area contributed by atoms with Gasteiger partial charge in [0.15, 0.2) is 5.82 Å². The van der Waals surface area contributed by atoms with E-state index in [0.717, 1.165) is 0 Å². The Kier molecular flexibility index (Phi) is 4.08. The zero-order valence-electron chi connectivity index (χ0n) is 12.0. The summed E-state index contributed by atoms with van der Waals surface area (Å²) in [6.45, 7) is 0. The van der Waals surface area contributed by atoms with Gasteiger partial charge < -0.3 is 4.74 Å². The molecular formula is C16H11ClFN3O2. The minimum absolute atomic E-state index is 0.00376. The number of hydrogen-bond donors (Lipinski definition) is 0. The van der Waals surface area contributed by atoms with Gasteiger partial charge in [0.05, 0.1) is 12.8 Å². The van der Waals surface area contributed by atoms with Crippen LogP contribution in [0.4, 0.5) is 4.39 Å². The van der Waals surface area contributed by atoms with Gasteiger partial charge in [-0.15, -0.1) is 5.10 Å². The third-order valence-corrected chi connectivity index (χ3v) is 3.40. The largest absolute Gasteiger partial charge is 0.463 e. The number of halogens is 2. The van der Waals surface area contributed by atoms with Gasteiger partial charge in [0.1, 0.15) is 5.82 Å². The van der Waals surface area contributed by atoms with Gasteiger partial charge in [0, 0.05) is 10.6 Å². The van der Waals surface area contributed by atoms with Crippen molar-refractivity contribution in [3.8, 4) is 17.1 Å². The van der Waals surface area contributed by atoms with Crippen LogP contribution in [-0.4, -0.2) is 27.8 Å². The zero-order chi connectivity index (χ0) is 16.4. The fourth-order valence-electron chi connectivity index (χ4n) is 2.02. The van der Waals surface area contributed by atoms with Gasteiger partial charge in [0.2, 0.25) is 5.82 Å². The standard InChI is InChI=1S/C16H11ClFN3O2/c1-23-16(22)15-19-14(10-2-4-11(17)5-3-10)20-21(15)13-8-6-12(18)7-9-13/h2-9H,1H3. The van der Waals surface area contributed by atoms with E-state index in [1.807, 2.05) is 0 Å². The lowest BCUT2D eigenvalue weighted by atomic mass is 10.2. The highest BCUT2D eigenvalue weighted by atomic mass is 35.5. The molecule has 3 aromatic rings. The van der Waals surface area contributed by atoms with Crippen molar-refractivity contribution in [1.82, 2.24) is 14.8 Å². The van der Waals surface area contributed by atoms with Crippen LogP contribution in [0.5, 0.6) is 0 Å². The number of hydrogen-bond acceptors (Lipinski definition) is 4. The van der Waals surface area contributed by atoms with E-state index in [-0.39, 0.29) is 11.6 Å². The summed E-state index contributed by atoms with van der Waals surface area (Å²) in [6, 6.07) is 12.5. The van der Waals surface area contributed by atoms with Gasteiger partial charge in [-0.3, -0.25) is 0 Å². The molecule has 0 aliphatic rings. The quantitative estimate of drug-likeness (QED) is 0.689. The molecule has 0 N–H and O–H groups in total. The highest BCUT2D eigenvalue weighted by Crippen LogP contribution is 2.21. The molecule has 0 aliphatic carbocycles. The Bertz CT molecular complexity index is 845. The molecule has 1 heterocycles. The SMILES string of the molecule is COC(=O)c1nc(-c2ccc(Cl)cc2)nn1-c1ccc(F)cc1. The summed E-state index contributed by atoms with van der Waals surface area (Å²) in [6.07, 6.45) is 0. The average molecular weight is 332 g/mol. The van der Waals surface area contributed by atoms with Crippen LogP contribution in [0.25, 0.3) is 17.1 Å². The molecule has 0 amide bonds. The molecule has 0 unspecified atom stereocenters. The van der Waals surface area contributed by atoms with Gasteiger partial charge in [-0.1, -0.05) is 11.6 Å². The molecular weight excluding hydrogens is 321 g/mol. The highest BCUT2D eigenvalue weighted by Gasteiger charge is 2.20. The molecule has 0 aliphatic heterocycles. The molecule has 2 aromatic carbocycles. The maximum atomic E-state index is 13.1. The summed E-state index contributed by atoms with van der Waals surface area (Å²) in [5.41, 5.74) is 1.19. The van der Waals surface area contributed by atoms with E-state index in [1.165, 1.54) is 36.1 Å². The van der Waals surface area contributed by atoms with Crippen molar-refractivity contribution in [3.05, 3.63) is 65.2 Å². The Morgan fingerprint density at radius 2 is 1.78 bits per heavy atom. The maximum absolute atomic E-state index is 13.1. The van der Waals surface area contributed by atoms with Crippen molar-refractivity contribution in [2.75, 3.05) is 7.11 Å². The topological polar surface area (TPSA) is 57.0 Å². The minimum Gasteiger partial charge on any atom is -0.463 e. The number of ether oxygens (including phenoxy) is 1. The Morgan fingerprint density at radius 3 is 2.39 bits per heavy atom. The van der Waals surface area contributed by atoms with Crippen molar-refractivity contribution in [2.24, 2.45) is 0 Å². The normalized spacial score (nSPS) is 10.6. The Labute approximate surface area is 136 Å². The second-order valence-electron chi connectivity index (χ2n) is 4.65. The number of nitrogens with zero attached hydrogens (tertiary/aromatic N) is 3. The predicted octanol–water partition coefficient (Wildman–Crippen LogP) is 3.51. The number of carbonyl (C=O) groups excluding carboxylic acids is 1. The molecule has 0 radical (unpaired) electrons. The summed E-state index contributed by atoms with van der Waals surface area (Å²) in [5, 5.41) is 4.90. The third kappa shape index (κ3) is 3.07. The van der Waals surface area contributed by atoms with Gasteiger partial charge in [-0.25, -0.2) is 18.9 Å². The number of methoxy groups -OCH3 is 1. The van der Waals surface area contributed by atoms with Crippen LogP contribution in [-0.2, 0) is 4.74 Å². The minimum atomic E-state index is -0.637. The smallest absolute Gasteiger partial charge is 0.376 e. The van der Waals surface area contributed by atoms with E-state index < -0.39 is 5.97 Å². The lowest BCUT2D eigenvalue weighted by molar-refractivity contribution is 0.0583. The highest BCUT2D eigenvalue weighted by molar-refractivity contribution is 6.30. The lowest BCUT2D eigenvalue weighted by Gasteiger charge is -2.03. The number of esters is 1. The van der Waals surface area contributed by atoms with E-state index in [9.17, 15) is 9.18 Å². The zero-order valence-corrected chi connectivity index (χ0v) is 12.8. The van der Waals surface area contributed by atoms with Crippen LogP contribution < -0.4 is 0 Å². The van der Waals surface area contributed by atoms with E-state index in [1.54, 1.807) is 24.3 Å².